The lowest BCUT2D eigenvalue weighted by molar-refractivity contribution is -0.144. The quantitative estimate of drug-likeness (QED) is 0.0319. The van der Waals surface area contributed by atoms with Crippen LogP contribution in [0, 0.1) is 0 Å². The van der Waals surface area contributed by atoms with E-state index in [4.69, 9.17) is 15.6 Å². The number of carbonyl (C=O) groups is 2. The number of ether oxygens (including phenoxy) is 1. The molecule has 0 rings (SSSR count). The number of rotatable bonds is 54. The fourth-order valence-electron chi connectivity index (χ4n) is 9.08. The zero-order valence-corrected chi connectivity index (χ0v) is 42.7. The van der Waals surface area contributed by atoms with Gasteiger partial charge in [-0.2, -0.15) is 0 Å². The van der Waals surface area contributed by atoms with E-state index < -0.39 is 5.97 Å². The van der Waals surface area contributed by atoms with Gasteiger partial charge in [0, 0.05) is 24.9 Å². The third-order valence-corrected chi connectivity index (χ3v) is 13.4. The Labute approximate surface area is 394 Å². The van der Waals surface area contributed by atoms with Crippen LogP contribution in [0.4, 0.5) is 0 Å². The van der Waals surface area contributed by atoms with Gasteiger partial charge in [0.2, 0.25) is 0 Å². The molecule has 0 radical (unpaired) electrons. The lowest BCUT2D eigenvalue weighted by atomic mass is 10.0. The normalized spacial score (nSPS) is 12.7. The Morgan fingerprint density at radius 3 is 1.19 bits per heavy atom. The number of carboxylic acids is 1. The van der Waals surface area contributed by atoms with Gasteiger partial charge >= 0.3 is 11.9 Å². The first kappa shape index (κ1) is 61.6. The van der Waals surface area contributed by atoms with Gasteiger partial charge in [-0.15, -0.1) is 0 Å². The van der Waals surface area contributed by atoms with Crippen LogP contribution in [-0.2, 0) is 14.3 Å². The van der Waals surface area contributed by atoms with E-state index in [1.54, 1.807) is 0 Å². The molecule has 0 saturated heterocycles. The first-order chi connectivity index (χ1) is 31.0. The summed E-state index contributed by atoms with van der Waals surface area (Å²) < 4.78 is 5.49. The highest BCUT2D eigenvalue weighted by Gasteiger charge is 2.12. The molecule has 63 heavy (non-hydrogen) atoms. The Kier molecular flexibility index (Phi) is 52.0. The molecule has 0 aromatic carbocycles. The molecular weight excluding hydrogens is 777 g/mol. The number of nitrogens with two attached hydrogens (primary N) is 1. The van der Waals surface area contributed by atoms with Crippen molar-refractivity contribution in [1.82, 2.24) is 5.32 Å². The van der Waals surface area contributed by atoms with Gasteiger partial charge in [-0.1, -0.05) is 250 Å². The molecule has 6 nitrogen and oxygen atoms in total. The van der Waals surface area contributed by atoms with E-state index in [0.29, 0.717) is 25.5 Å². The minimum atomic E-state index is -0.658. The standard InChI is InChI=1S/C57H112N2O4/c1-3-4-5-6-7-8-9-10-11-18-23-28-33-38-43-48-53-63-57(62)51-46-41-36-31-26-21-16-13-17-22-27-32-37-42-47-52-59-55(54(2)58)49-44-39-34-29-24-19-14-12-15-20-25-30-35-40-45-50-56(60)61/h10-11,54-55,59H,3-9,12-53,58H2,1-2H3,(H,60,61). The van der Waals surface area contributed by atoms with Crippen molar-refractivity contribution in [3.63, 3.8) is 0 Å². The van der Waals surface area contributed by atoms with Crippen molar-refractivity contribution >= 4 is 11.9 Å². The topological polar surface area (TPSA) is 102 Å². The maximum absolute atomic E-state index is 12.1. The van der Waals surface area contributed by atoms with Crippen molar-refractivity contribution in [1.29, 1.82) is 0 Å². The van der Waals surface area contributed by atoms with E-state index in [1.165, 1.54) is 257 Å². The number of carbonyl (C=O) groups excluding carboxylic acids is 1. The van der Waals surface area contributed by atoms with Crippen LogP contribution in [0.2, 0.25) is 0 Å². The average molecular weight is 890 g/mol. The minimum Gasteiger partial charge on any atom is -0.481 e. The number of hydrogen-bond acceptors (Lipinski definition) is 5. The molecule has 0 aromatic heterocycles. The minimum absolute atomic E-state index is 0.0134. The van der Waals surface area contributed by atoms with Crippen molar-refractivity contribution in [3.8, 4) is 0 Å². The molecule has 0 heterocycles. The van der Waals surface area contributed by atoms with Gasteiger partial charge in [0.15, 0.2) is 0 Å². The Balaban J connectivity index is 3.35. The highest BCUT2D eigenvalue weighted by molar-refractivity contribution is 5.69. The maximum Gasteiger partial charge on any atom is 0.305 e. The Morgan fingerprint density at radius 1 is 0.460 bits per heavy atom. The van der Waals surface area contributed by atoms with Gasteiger partial charge in [0.25, 0.3) is 0 Å². The fourth-order valence-corrected chi connectivity index (χ4v) is 9.08. The largest absolute Gasteiger partial charge is 0.481 e. The van der Waals surface area contributed by atoms with Crippen LogP contribution in [0.3, 0.4) is 0 Å². The van der Waals surface area contributed by atoms with Crippen molar-refractivity contribution in [2.45, 2.75) is 328 Å². The van der Waals surface area contributed by atoms with E-state index in [-0.39, 0.29) is 12.0 Å². The van der Waals surface area contributed by atoms with Crippen molar-refractivity contribution in [2.75, 3.05) is 13.2 Å². The molecule has 0 spiro atoms. The molecule has 6 heteroatoms. The molecule has 0 aliphatic carbocycles. The van der Waals surface area contributed by atoms with Crippen molar-refractivity contribution < 1.29 is 19.4 Å². The fraction of sp³-hybridized carbons (Fsp3) is 0.930. The summed E-state index contributed by atoms with van der Waals surface area (Å²) in [7, 11) is 0. The lowest BCUT2D eigenvalue weighted by Gasteiger charge is -2.22. The summed E-state index contributed by atoms with van der Waals surface area (Å²) >= 11 is 0. The predicted octanol–water partition coefficient (Wildman–Crippen LogP) is 17.8. The van der Waals surface area contributed by atoms with E-state index in [1.807, 2.05) is 0 Å². The van der Waals surface area contributed by atoms with Crippen LogP contribution >= 0.6 is 0 Å². The molecule has 4 N–H and O–H groups in total. The molecule has 374 valence electrons. The lowest BCUT2D eigenvalue weighted by Crippen LogP contribution is -2.43. The first-order valence-corrected chi connectivity index (χ1v) is 28.5. The number of nitrogens with one attached hydrogen (secondary N) is 1. The highest BCUT2D eigenvalue weighted by atomic mass is 16.5. The summed E-state index contributed by atoms with van der Waals surface area (Å²) in [6.45, 7) is 6.18. The molecule has 2 atom stereocenters. The monoisotopic (exact) mass is 889 g/mol. The molecule has 0 amide bonds. The second-order valence-corrected chi connectivity index (χ2v) is 19.9. The van der Waals surface area contributed by atoms with Crippen molar-refractivity contribution in [3.05, 3.63) is 12.2 Å². The number of allylic oxidation sites excluding steroid dienone is 2. The third-order valence-electron chi connectivity index (χ3n) is 13.4. The van der Waals surface area contributed by atoms with Gasteiger partial charge in [0.05, 0.1) is 6.61 Å². The van der Waals surface area contributed by atoms with Crippen LogP contribution in [0.25, 0.3) is 0 Å². The van der Waals surface area contributed by atoms with E-state index in [2.05, 4.69) is 31.3 Å². The zero-order chi connectivity index (χ0) is 45.8. The molecule has 0 aliphatic heterocycles. The van der Waals surface area contributed by atoms with Gasteiger partial charge in [-0.25, -0.2) is 0 Å². The number of hydrogen-bond donors (Lipinski definition) is 3. The van der Waals surface area contributed by atoms with Gasteiger partial charge in [0.1, 0.15) is 0 Å². The second-order valence-electron chi connectivity index (χ2n) is 19.9. The third kappa shape index (κ3) is 53.1. The molecule has 0 bridgehead atoms. The molecule has 0 aliphatic rings. The Hall–Kier alpha value is -1.40. The molecular formula is C57H112N2O4. The summed E-state index contributed by atoms with van der Waals surface area (Å²) in [6, 6.07) is 0.693. The van der Waals surface area contributed by atoms with Crippen LogP contribution in [0.1, 0.15) is 316 Å². The SMILES string of the molecule is CCCCCCCCC=CCCCCCCCCOC(=O)CCCCCCCCCCCCCCCCCNC(CCCCCCCCCCCCCCCCCC(=O)O)C(C)N. The second kappa shape index (κ2) is 53.2. The summed E-state index contributed by atoms with van der Waals surface area (Å²) in [5, 5.41) is 12.5. The van der Waals surface area contributed by atoms with Gasteiger partial charge in [-0.05, 0) is 71.3 Å². The number of carboxylic acid groups (broad SMARTS) is 1. The molecule has 2 unspecified atom stereocenters. The van der Waals surface area contributed by atoms with E-state index in [9.17, 15) is 9.59 Å². The van der Waals surface area contributed by atoms with Crippen LogP contribution in [-0.4, -0.2) is 42.3 Å². The zero-order valence-electron chi connectivity index (χ0n) is 42.7. The molecule has 0 saturated carbocycles. The first-order valence-electron chi connectivity index (χ1n) is 28.5. The van der Waals surface area contributed by atoms with Crippen LogP contribution < -0.4 is 11.1 Å². The summed E-state index contributed by atoms with van der Waals surface area (Å²) in [5.74, 6) is -0.645. The van der Waals surface area contributed by atoms with Crippen molar-refractivity contribution in [2.24, 2.45) is 5.73 Å². The van der Waals surface area contributed by atoms with E-state index in [0.717, 1.165) is 38.6 Å². The van der Waals surface area contributed by atoms with Crippen LogP contribution in [0.15, 0.2) is 12.2 Å². The maximum atomic E-state index is 12.1. The van der Waals surface area contributed by atoms with Gasteiger partial charge in [-0.3, -0.25) is 9.59 Å². The smallest absolute Gasteiger partial charge is 0.305 e. The average Bonchev–Trinajstić information content (AvgIpc) is 3.27. The van der Waals surface area contributed by atoms with Gasteiger partial charge < -0.3 is 20.9 Å². The summed E-state index contributed by atoms with van der Waals surface area (Å²) in [5.41, 5.74) is 6.34. The molecule has 0 aromatic rings. The highest BCUT2D eigenvalue weighted by Crippen LogP contribution is 2.17. The van der Waals surface area contributed by atoms with Crippen LogP contribution in [0.5, 0.6) is 0 Å². The van der Waals surface area contributed by atoms with E-state index >= 15 is 0 Å². The Morgan fingerprint density at radius 2 is 0.794 bits per heavy atom. The summed E-state index contributed by atoms with van der Waals surface area (Å²) in [6.07, 6.45) is 64.3. The molecule has 0 fully saturated rings. The number of aliphatic carboxylic acids is 1. The number of esters is 1. The Bertz CT molecular complexity index is 939. The predicted molar refractivity (Wildman–Crippen MR) is 276 cm³/mol. The number of unbranched alkanes of at least 4 members (excludes halogenated alkanes) is 40. The summed E-state index contributed by atoms with van der Waals surface area (Å²) in [4.78, 5) is 22.6.